The second-order valence-electron chi connectivity index (χ2n) is 5.49. The molecule has 0 fully saturated rings. The summed E-state index contributed by atoms with van der Waals surface area (Å²) in [6, 6.07) is 11.3. The predicted molar refractivity (Wildman–Crippen MR) is 98.5 cm³/mol. The molecule has 3 rings (SSSR count). The van der Waals surface area contributed by atoms with Gasteiger partial charge in [-0.3, -0.25) is 4.79 Å². The lowest BCUT2D eigenvalue weighted by molar-refractivity contribution is 0.102. The number of nitrogens with one attached hydrogen (secondary N) is 1. The fourth-order valence-corrected chi connectivity index (χ4v) is 3.18. The lowest BCUT2D eigenvalue weighted by Crippen LogP contribution is -2.13. The van der Waals surface area contributed by atoms with Gasteiger partial charge in [0.2, 0.25) is 0 Å². The van der Waals surface area contributed by atoms with Crippen LogP contribution in [0.1, 0.15) is 29.8 Å². The third-order valence-corrected chi connectivity index (χ3v) is 4.30. The molecule has 0 spiro atoms. The van der Waals surface area contributed by atoms with E-state index in [-0.39, 0.29) is 12.0 Å². The highest BCUT2D eigenvalue weighted by Crippen LogP contribution is 2.38. The molecule has 2 aromatic rings. The maximum atomic E-state index is 12.5. The molecule has 0 bridgehead atoms. The van der Waals surface area contributed by atoms with E-state index in [1.165, 1.54) is 0 Å². The Morgan fingerprint density at radius 1 is 1.39 bits per heavy atom. The van der Waals surface area contributed by atoms with E-state index in [4.69, 9.17) is 9.47 Å². The van der Waals surface area contributed by atoms with Crippen molar-refractivity contribution in [3.8, 4) is 11.5 Å². The average Bonchev–Trinajstić information content (AvgIpc) is 2.87. The highest BCUT2D eigenvalue weighted by Gasteiger charge is 2.22. The van der Waals surface area contributed by atoms with Crippen molar-refractivity contribution in [3.05, 3.63) is 51.1 Å². The molecular weight excluding hydrogens is 405 g/mol. The molecule has 0 unspecified atom stereocenters. The first-order valence-corrected chi connectivity index (χ1v) is 8.68. The average molecular weight is 423 g/mol. The molecule has 0 aliphatic carbocycles. The van der Waals surface area contributed by atoms with Gasteiger partial charge in [0, 0.05) is 27.2 Å². The number of benzene rings is 2. The highest BCUT2D eigenvalue weighted by atomic mass is 127. The van der Waals surface area contributed by atoms with Crippen molar-refractivity contribution in [2.45, 2.75) is 26.4 Å². The Hall–Kier alpha value is -1.76. The van der Waals surface area contributed by atoms with Crippen molar-refractivity contribution >= 4 is 34.2 Å². The number of ether oxygens (including phenoxy) is 2. The van der Waals surface area contributed by atoms with Crippen LogP contribution < -0.4 is 14.8 Å². The first-order valence-electron chi connectivity index (χ1n) is 7.60. The zero-order valence-electron chi connectivity index (χ0n) is 13.1. The Morgan fingerprint density at radius 3 is 2.96 bits per heavy atom. The van der Waals surface area contributed by atoms with E-state index in [1.54, 1.807) is 6.07 Å². The SMILES string of the molecule is CCOc1cc2c(cc1NC(=O)c1cccc(I)c1)O[C@@H](C)C2. The molecule has 2 aromatic carbocycles. The Morgan fingerprint density at radius 2 is 2.22 bits per heavy atom. The summed E-state index contributed by atoms with van der Waals surface area (Å²) in [5.74, 6) is 1.34. The summed E-state index contributed by atoms with van der Waals surface area (Å²) < 4.78 is 12.5. The predicted octanol–water partition coefficient (Wildman–Crippen LogP) is 4.27. The van der Waals surface area contributed by atoms with Gasteiger partial charge in [0.1, 0.15) is 17.6 Å². The molecule has 1 aliphatic heterocycles. The van der Waals surface area contributed by atoms with E-state index in [0.29, 0.717) is 23.6 Å². The minimum Gasteiger partial charge on any atom is -0.492 e. The van der Waals surface area contributed by atoms with E-state index in [0.717, 1.165) is 21.3 Å². The largest absolute Gasteiger partial charge is 0.492 e. The summed E-state index contributed by atoms with van der Waals surface area (Å²) in [4.78, 5) is 12.5. The number of anilines is 1. The summed E-state index contributed by atoms with van der Waals surface area (Å²) in [7, 11) is 0. The Balaban J connectivity index is 1.89. The summed E-state index contributed by atoms with van der Waals surface area (Å²) >= 11 is 2.19. The summed E-state index contributed by atoms with van der Waals surface area (Å²) in [5.41, 5.74) is 2.38. The minimum absolute atomic E-state index is 0.154. The van der Waals surface area contributed by atoms with Crippen LogP contribution in [0.4, 0.5) is 5.69 Å². The number of hydrogen-bond acceptors (Lipinski definition) is 3. The van der Waals surface area contributed by atoms with Gasteiger partial charge >= 0.3 is 0 Å². The second kappa shape index (κ2) is 6.78. The Labute approximate surface area is 149 Å². The van der Waals surface area contributed by atoms with Crippen molar-refractivity contribution < 1.29 is 14.3 Å². The van der Waals surface area contributed by atoms with Crippen molar-refractivity contribution in [1.82, 2.24) is 0 Å². The molecule has 4 nitrogen and oxygen atoms in total. The van der Waals surface area contributed by atoms with Gasteiger partial charge in [-0.2, -0.15) is 0 Å². The maximum Gasteiger partial charge on any atom is 0.255 e. The van der Waals surface area contributed by atoms with E-state index < -0.39 is 0 Å². The molecular formula is C18H18INO3. The van der Waals surface area contributed by atoms with Gasteiger partial charge in [0.05, 0.1) is 12.3 Å². The molecule has 0 aromatic heterocycles. The van der Waals surface area contributed by atoms with Crippen LogP contribution in [0.15, 0.2) is 36.4 Å². The van der Waals surface area contributed by atoms with Gasteiger partial charge in [-0.05, 0) is 60.7 Å². The van der Waals surface area contributed by atoms with Crippen molar-refractivity contribution in [3.63, 3.8) is 0 Å². The normalized spacial score (nSPS) is 15.7. The molecule has 23 heavy (non-hydrogen) atoms. The second-order valence-corrected chi connectivity index (χ2v) is 6.73. The quantitative estimate of drug-likeness (QED) is 0.748. The first kappa shape index (κ1) is 16.1. The number of hydrogen-bond donors (Lipinski definition) is 1. The fourth-order valence-electron chi connectivity index (χ4n) is 2.64. The molecule has 0 radical (unpaired) electrons. The Bertz CT molecular complexity index is 745. The van der Waals surface area contributed by atoms with E-state index in [2.05, 4.69) is 27.9 Å². The number of rotatable bonds is 4. The van der Waals surface area contributed by atoms with Crippen LogP contribution in [0.3, 0.4) is 0 Å². The molecule has 1 atom stereocenters. The van der Waals surface area contributed by atoms with Crippen LogP contribution in [-0.4, -0.2) is 18.6 Å². The summed E-state index contributed by atoms with van der Waals surface area (Å²) in [6.07, 6.45) is 1.02. The van der Waals surface area contributed by atoms with Gasteiger partial charge in [0.15, 0.2) is 0 Å². The van der Waals surface area contributed by atoms with Crippen LogP contribution in [0.25, 0.3) is 0 Å². The number of carbonyl (C=O) groups excluding carboxylic acids is 1. The monoisotopic (exact) mass is 423 g/mol. The minimum atomic E-state index is -0.157. The Kier molecular flexibility index (Phi) is 4.75. The van der Waals surface area contributed by atoms with Gasteiger partial charge in [-0.1, -0.05) is 6.07 Å². The number of carbonyl (C=O) groups is 1. The smallest absolute Gasteiger partial charge is 0.255 e. The van der Waals surface area contributed by atoms with Gasteiger partial charge < -0.3 is 14.8 Å². The van der Waals surface area contributed by atoms with E-state index in [1.807, 2.05) is 44.2 Å². The van der Waals surface area contributed by atoms with Crippen LogP contribution in [0.2, 0.25) is 0 Å². The van der Waals surface area contributed by atoms with Crippen molar-refractivity contribution in [2.24, 2.45) is 0 Å². The van der Waals surface area contributed by atoms with E-state index in [9.17, 15) is 4.79 Å². The van der Waals surface area contributed by atoms with Crippen molar-refractivity contribution in [2.75, 3.05) is 11.9 Å². The fraction of sp³-hybridized carbons (Fsp3) is 0.278. The van der Waals surface area contributed by atoms with Crippen LogP contribution in [0, 0.1) is 3.57 Å². The molecule has 5 heteroatoms. The molecule has 0 saturated heterocycles. The maximum absolute atomic E-state index is 12.5. The molecule has 1 amide bonds. The third-order valence-electron chi connectivity index (χ3n) is 3.63. The molecule has 120 valence electrons. The number of amides is 1. The van der Waals surface area contributed by atoms with Gasteiger partial charge in [-0.15, -0.1) is 0 Å². The number of fused-ring (bicyclic) bond motifs is 1. The van der Waals surface area contributed by atoms with Crippen LogP contribution in [0.5, 0.6) is 11.5 Å². The topological polar surface area (TPSA) is 47.6 Å². The van der Waals surface area contributed by atoms with Crippen LogP contribution >= 0.6 is 22.6 Å². The van der Waals surface area contributed by atoms with Gasteiger partial charge in [0.25, 0.3) is 5.91 Å². The zero-order chi connectivity index (χ0) is 16.4. The molecule has 1 aliphatic rings. The number of halogens is 1. The standard InChI is InChI=1S/C18H18INO3/c1-3-22-17-9-13-7-11(2)23-16(13)10-15(17)20-18(21)12-5-4-6-14(19)8-12/h4-6,8-11H,3,7H2,1-2H3,(H,20,21)/t11-/m0/s1. The van der Waals surface area contributed by atoms with Gasteiger partial charge in [-0.25, -0.2) is 0 Å². The molecule has 1 heterocycles. The summed E-state index contributed by atoms with van der Waals surface area (Å²) in [6.45, 7) is 4.50. The summed E-state index contributed by atoms with van der Waals surface area (Å²) in [5, 5.41) is 2.94. The lowest BCUT2D eigenvalue weighted by Gasteiger charge is -2.13. The van der Waals surface area contributed by atoms with Crippen molar-refractivity contribution in [1.29, 1.82) is 0 Å². The molecule has 1 N–H and O–H groups in total. The van der Waals surface area contributed by atoms with E-state index >= 15 is 0 Å². The highest BCUT2D eigenvalue weighted by molar-refractivity contribution is 14.1. The molecule has 0 saturated carbocycles. The third kappa shape index (κ3) is 3.60. The van der Waals surface area contributed by atoms with Crippen LogP contribution in [-0.2, 0) is 6.42 Å². The lowest BCUT2D eigenvalue weighted by atomic mass is 10.1. The zero-order valence-corrected chi connectivity index (χ0v) is 15.2. The first-order chi connectivity index (χ1) is 11.1.